The van der Waals surface area contributed by atoms with Gasteiger partial charge < -0.3 is 15.7 Å². The van der Waals surface area contributed by atoms with Gasteiger partial charge in [-0.3, -0.25) is 0 Å². The van der Waals surface area contributed by atoms with Gasteiger partial charge in [0.05, 0.1) is 5.69 Å². The number of rotatable bonds is 4. The van der Waals surface area contributed by atoms with Crippen molar-refractivity contribution in [3.8, 4) is 0 Å². The topological polar surface area (TPSA) is 78.4 Å². The Morgan fingerprint density at radius 1 is 1.45 bits per heavy atom. The van der Waals surface area contributed by atoms with Crippen LogP contribution < -0.4 is 10.6 Å². The number of aliphatic carboxylic acids is 1. The van der Waals surface area contributed by atoms with Gasteiger partial charge in [0.2, 0.25) is 0 Å². The van der Waals surface area contributed by atoms with Crippen molar-refractivity contribution in [1.82, 2.24) is 5.32 Å². The molecule has 1 unspecified atom stereocenters. The van der Waals surface area contributed by atoms with Crippen molar-refractivity contribution in [2.75, 3.05) is 5.32 Å². The number of hydrogen-bond donors (Lipinski definition) is 3. The number of nitrogens with one attached hydrogen (secondary N) is 2. The van der Waals surface area contributed by atoms with Crippen molar-refractivity contribution in [1.29, 1.82) is 0 Å². The molecular formula is C13H14BrFN2O3. The highest BCUT2D eigenvalue weighted by Gasteiger charge is 2.48. The van der Waals surface area contributed by atoms with Crippen LogP contribution in [0.1, 0.15) is 19.8 Å². The highest BCUT2D eigenvalue weighted by atomic mass is 79.9. The van der Waals surface area contributed by atoms with E-state index in [9.17, 15) is 19.1 Å². The second kappa shape index (κ2) is 5.40. The Labute approximate surface area is 123 Å². The molecule has 5 nitrogen and oxygen atoms in total. The fraction of sp³-hybridized carbons (Fsp3) is 0.385. The zero-order chi connectivity index (χ0) is 14.9. The fourth-order valence-electron chi connectivity index (χ4n) is 1.97. The number of carbonyl (C=O) groups is 2. The van der Waals surface area contributed by atoms with E-state index < -0.39 is 23.4 Å². The predicted octanol–water partition coefficient (Wildman–Crippen LogP) is 2.96. The first-order valence-electron chi connectivity index (χ1n) is 6.10. The molecule has 3 N–H and O–H groups in total. The first-order valence-corrected chi connectivity index (χ1v) is 6.90. The molecule has 0 aromatic heterocycles. The van der Waals surface area contributed by atoms with E-state index in [4.69, 9.17) is 0 Å². The summed E-state index contributed by atoms with van der Waals surface area (Å²) in [5, 5.41) is 14.0. The molecule has 1 aliphatic rings. The maximum absolute atomic E-state index is 13.5. The third-order valence-electron chi connectivity index (χ3n) is 3.39. The van der Waals surface area contributed by atoms with E-state index >= 15 is 0 Å². The van der Waals surface area contributed by atoms with Gasteiger partial charge in [-0.2, -0.15) is 0 Å². The van der Waals surface area contributed by atoms with Gasteiger partial charge in [-0.15, -0.1) is 0 Å². The van der Waals surface area contributed by atoms with E-state index in [1.54, 1.807) is 0 Å². The van der Waals surface area contributed by atoms with Gasteiger partial charge in [-0.05, 0) is 43.9 Å². The molecular weight excluding hydrogens is 331 g/mol. The molecule has 7 heteroatoms. The lowest BCUT2D eigenvalue weighted by molar-refractivity contribution is -0.144. The summed E-state index contributed by atoms with van der Waals surface area (Å²) in [7, 11) is 0. The molecule has 1 atom stereocenters. The molecule has 0 bridgehead atoms. The van der Waals surface area contributed by atoms with Crippen molar-refractivity contribution >= 4 is 33.6 Å². The zero-order valence-electron chi connectivity index (χ0n) is 10.7. The van der Waals surface area contributed by atoms with Crippen LogP contribution in [0, 0.1) is 11.7 Å². The monoisotopic (exact) mass is 344 g/mol. The van der Waals surface area contributed by atoms with Gasteiger partial charge in [0.15, 0.2) is 0 Å². The maximum atomic E-state index is 13.5. The van der Waals surface area contributed by atoms with Crippen LogP contribution in [0.25, 0.3) is 0 Å². The molecule has 2 rings (SSSR count). The number of amides is 2. The first kappa shape index (κ1) is 14.8. The van der Waals surface area contributed by atoms with Crippen LogP contribution in [0.2, 0.25) is 0 Å². The largest absolute Gasteiger partial charge is 0.480 e. The molecule has 1 aromatic rings. The summed E-state index contributed by atoms with van der Waals surface area (Å²) in [4.78, 5) is 23.1. The maximum Gasteiger partial charge on any atom is 0.329 e. The molecule has 0 saturated heterocycles. The van der Waals surface area contributed by atoms with Gasteiger partial charge in [-0.1, -0.05) is 15.9 Å². The normalized spacial score (nSPS) is 17.1. The van der Waals surface area contributed by atoms with Crippen molar-refractivity contribution in [2.24, 2.45) is 5.92 Å². The average Bonchev–Trinajstić information content (AvgIpc) is 3.17. The van der Waals surface area contributed by atoms with Crippen molar-refractivity contribution in [3.63, 3.8) is 0 Å². The summed E-state index contributed by atoms with van der Waals surface area (Å²) >= 11 is 3.17. The second-order valence-electron chi connectivity index (χ2n) is 4.99. The standard InChI is InChI=1S/C13H14BrFN2O3/c1-13(11(18)19,7-2-3-7)17-12(20)16-10-6-8(14)4-5-9(10)15/h4-7H,2-3H2,1H3,(H,18,19)(H2,16,17,20). The summed E-state index contributed by atoms with van der Waals surface area (Å²) in [6.07, 6.45) is 1.52. The Bertz CT molecular complexity index is 563. The summed E-state index contributed by atoms with van der Waals surface area (Å²) in [5.41, 5.74) is -1.34. The number of carboxylic acid groups (broad SMARTS) is 1. The van der Waals surface area contributed by atoms with Crippen LogP contribution in [0.3, 0.4) is 0 Å². The Balaban J connectivity index is 2.08. The molecule has 1 fully saturated rings. The number of anilines is 1. The highest BCUT2D eigenvalue weighted by molar-refractivity contribution is 9.10. The van der Waals surface area contributed by atoms with E-state index in [1.807, 2.05) is 0 Å². The Morgan fingerprint density at radius 3 is 2.65 bits per heavy atom. The molecule has 0 radical (unpaired) electrons. The number of carboxylic acids is 1. The van der Waals surface area contributed by atoms with Crippen LogP contribution in [-0.4, -0.2) is 22.6 Å². The minimum Gasteiger partial charge on any atom is -0.480 e. The lowest BCUT2D eigenvalue weighted by Crippen LogP contribution is -2.55. The van der Waals surface area contributed by atoms with Crippen molar-refractivity contribution in [3.05, 3.63) is 28.5 Å². The number of halogens is 2. The van der Waals surface area contributed by atoms with Gasteiger partial charge in [0, 0.05) is 4.47 Å². The molecule has 0 spiro atoms. The van der Waals surface area contributed by atoms with E-state index in [0.29, 0.717) is 4.47 Å². The summed E-state index contributed by atoms with van der Waals surface area (Å²) < 4.78 is 14.1. The van der Waals surface area contributed by atoms with E-state index in [2.05, 4.69) is 26.6 Å². The zero-order valence-corrected chi connectivity index (χ0v) is 12.3. The van der Waals surface area contributed by atoms with E-state index in [1.165, 1.54) is 25.1 Å². The smallest absolute Gasteiger partial charge is 0.329 e. The minimum absolute atomic E-state index is 0.0135. The van der Waals surface area contributed by atoms with Gasteiger partial charge in [-0.25, -0.2) is 14.0 Å². The minimum atomic E-state index is -1.33. The van der Waals surface area contributed by atoms with Gasteiger partial charge in [0.25, 0.3) is 0 Å². The summed E-state index contributed by atoms with van der Waals surface area (Å²) in [6.45, 7) is 1.46. The fourth-order valence-corrected chi connectivity index (χ4v) is 2.33. The van der Waals surface area contributed by atoms with Crippen molar-refractivity contribution in [2.45, 2.75) is 25.3 Å². The molecule has 2 amide bonds. The van der Waals surface area contributed by atoms with E-state index in [-0.39, 0.29) is 11.6 Å². The van der Waals surface area contributed by atoms with Crippen LogP contribution in [-0.2, 0) is 4.79 Å². The Morgan fingerprint density at radius 2 is 2.10 bits per heavy atom. The summed E-state index contributed by atoms with van der Waals surface area (Å²) in [5.74, 6) is -1.77. The SMILES string of the molecule is CC(NC(=O)Nc1cc(Br)ccc1F)(C(=O)O)C1CC1. The average molecular weight is 345 g/mol. The van der Waals surface area contributed by atoms with Crippen LogP contribution in [0.4, 0.5) is 14.9 Å². The van der Waals surface area contributed by atoms with Crippen LogP contribution in [0.15, 0.2) is 22.7 Å². The van der Waals surface area contributed by atoms with Crippen LogP contribution in [0.5, 0.6) is 0 Å². The number of carbonyl (C=O) groups excluding carboxylic acids is 1. The van der Waals surface area contributed by atoms with Gasteiger partial charge >= 0.3 is 12.0 Å². The Kier molecular flexibility index (Phi) is 3.99. The lowest BCUT2D eigenvalue weighted by atomic mass is 9.96. The number of urea groups is 1. The van der Waals surface area contributed by atoms with Crippen molar-refractivity contribution < 1.29 is 19.1 Å². The van der Waals surface area contributed by atoms with Gasteiger partial charge in [0.1, 0.15) is 11.4 Å². The molecule has 1 aliphatic carbocycles. The first-order chi connectivity index (χ1) is 9.33. The Hall–Kier alpha value is -1.63. The lowest BCUT2D eigenvalue weighted by Gasteiger charge is -2.26. The molecule has 1 saturated carbocycles. The molecule has 1 aromatic carbocycles. The number of benzene rings is 1. The van der Waals surface area contributed by atoms with Crippen LogP contribution >= 0.6 is 15.9 Å². The third kappa shape index (κ3) is 3.09. The molecule has 0 aliphatic heterocycles. The predicted molar refractivity (Wildman–Crippen MR) is 75.0 cm³/mol. The molecule has 0 heterocycles. The highest BCUT2D eigenvalue weighted by Crippen LogP contribution is 2.39. The molecule has 108 valence electrons. The number of hydrogen-bond acceptors (Lipinski definition) is 2. The third-order valence-corrected chi connectivity index (χ3v) is 3.88. The molecule has 20 heavy (non-hydrogen) atoms. The quantitative estimate of drug-likeness (QED) is 0.785. The second-order valence-corrected chi connectivity index (χ2v) is 5.90. The summed E-state index contributed by atoms with van der Waals surface area (Å²) in [6, 6.07) is 3.38. The van der Waals surface area contributed by atoms with E-state index in [0.717, 1.165) is 12.8 Å².